The summed E-state index contributed by atoms with van der Waals surface area (Å²) in [6, 6.07) is 12.5. The highest BCUT2D eigenvalue weighted by Gasteiger charge is 2.13. The maximum atomic E-state index is 4.49. The molecule has 0 radical (unpaired) electrons. The molecule has 0 saturated heterocycles. The largest absolute Gasteiger partial charge is 0.305 e. The first-order valence-electron chi connectivity index (χ1n) is 5.89. The highest BCUT2D eigenvalue weighted by molar-refractivity contribution is 5.27. The molecule has 0 amide bonds. The fourth-order valence-corrected chi connectivity index (χ4v) is 1.88. The third-order valence-corrected chi connectivity index (χ3v) is 2.63. The van der Waals surface area contributed by atoms with Crippen LogP contribution >= 0.6 is 0 Å². The van der Waals surface area contributed by atoms with Crippen LogP contribution in [0.15, 0.2) is 42.6 Å². The van der Waals surface area contributed by atoms with Crippen LogP contribution in [0.3, 0.4) is 0 Å². The molecule has 0 aliphatic carbocycles. The van der Waals surface area contributed by atoms with Gasteiger partial charge in [0.1, 0.15) is 5.82 Å². The predicted molar refractivity (Wildman–Crippen MR) is 68.7 cm³/mol. The van der Waals surface area contributed by atoms with Crippen molar-refractivity contribution in [3.8, 4) is 0 Å². The highest BCUT2D eigenvalue weighted by Crippen LogP contribution is 2.19. The maximum absolute atomic E-state index is 4.49. The minimum atomic E-state index is 0.142. The van der Waals surface area contributed by atoms with E-state index < -0.39 is 0 Å². The molecule has 1 unspecified atom stereocenters. The van der Waals surface area contributed by atoms with Gasteiger partial charge in [0.25, 0.3) is 0 Å². The lowest BCUT2D eigenvalue weighted by Crippen LogP contribution is -2.23. The molecule has 88 valence electrons. The number of nitrogens with zero attached hydrogens (tertiary/aromatic N) is 2. The summed E-state index contributed by atoms with van der Waals surface area (Å²) in [7, 11) is 0. The molecule has 17 heavy (non-hydrogen) atoms. The molecule has 0 bridgehead atoms. The molecule has 0 spiro atoms. The molecular formula is C14H17N3. The molecule has 2 aromatic rings. The Labute approximate surface area is 102 Å². The average molecular weight is 227 g/mol. The van der Waals surface area contributed by atoms with E-state index in [4.69, 9.17) is 0 Å². The van der Waals surface area contributed by atoms with Gasteiger partial charge in [0, 0.05) is 6.20 Å². The summed E-state index contributed by atoms with van der Waals surface area (Å²) < 4.78 is 0. The van der Waals surface area contributed by atoms with Gasteiger partial charge in [-0.05, 0) is 25.1 Å². The lowest BCUT2D eigenvalue weighted by atomic mass is 10.0. The third kappa shape index (κ3) is 2.88. The van der Waals surface area contributed by atoms with Crippen LogP contribution in [0.5, 0.6) is 0 Å². The molecule has 1 N–H and O–H groups in total. The molecule has 1 aromatic carbocycles. The first-order valence-corrected chi connectivity index (χ1v) is 5.89. The van der Waals surface area contributed by atoms with Gasteiger partial charge in [-0.3, -0.25) is 0 Å². The van der Waals surface area contributed by atoms with Gasteiger partial charge in [-0.2, -0.15) is 0 Å². The summed E-state index contributed by atoms with van der Waals surface area (Å²) in [5.74, 6) is 0.807. The number of aryl methyl sites for hydroxylation is 1. The quantitative estimate of drug-likeness (QED) is 0.872. The second-order valence-electron chi connectivity index (χ2n) is 3.93. The van der Waals surface area contributed by atoms with Crippen LogP contribution in [0.1, 0.15) is 30.0 Å². The Kier molecular flexibility index (Phi) is 3.83. The van der Waals surface area contributed by atoms with Gasteiger partial charge in [-0.1, -0.05) is 37.3 Å². The molecule has 0 aliphatic rings. The predicted octanol–water partition coefficient (Wildman–Crippen LogP) is 2.48. The van der Waals surface area contributed by atoms with Gasteiger partial charge in [-0.25, -0.2) is 9.97 Å². The fourth-order valence-electron chi connectivity index (χ4n) is 1.88. The van der Waals surface area contributed by atoms with E-state index in [1.165, 1.54) is 5.56 Å². The monoisotopic (exact) mass is 227 g/mol. The standard InChI is InChI=1S/C14H17N3/c1-3-15-14(12-7-5-4-6-8-12)13-9-10-16-11(2)17-13/h4-10,14-15H,3H2,1-2H3. The third-order valence-electron chi connectivity index (χ3n) is 2.63. The zero-order valence-electron chi connectivity index (χ0n) is 10.2. The fraction of sp³-hybridized carbons (Fsp3) is 0.286. The normalized spacial score (nSPS) is 12.4. The van der Waals surface area contributed by atoms with E-state index in [1.807, 2.05) is 37.4 Å². The van der Waals surface area contributed by atoms with Crippen molar-refractivity contribution in [3.63, 3.8) is 0 Å². The average Bonchev–Trinajstić information content (AvgIpc) is 2.37. The zero-order valence-corrected chi connectivity index (χ0v) is 10.2. The van der Waals surface area contributed by atoms with Crippen molar-refractivity contribution in [2.45, 2.75) is 19.9 Å². The van der Waals surface area contributed by atoms with Crippen molar-refractivity contribution in [3.05, 3.63) is 59.7 Å². The Hall–Kier alpha value is -1.74. The van der Waals surface area contributed by atoms with Crippen molar-refractivity contribution in [1.29, 1.82) is 0 Å². The van der Waals surface area contributed by atoms with E-state index in [1.54, 1.807) is 0 Å². The van der Waals surface area contributed by atoms with Gasteiger partial charge in [0.15, 0.2) is 0 Å². The molecular weight excluding hydrogens is 210 g/mol. The second-order valence-corrected chi connectivity index (χ2v) is 3.93. The van der Waals surface area contributed by atoms with Crippen molar-refractivity contribution in [2.75, 3.05) is 6.54 Å². The van der Waals surface area contributed by atoms with Crippen molar-refractivity contribution < 1.29 is 0 Å². The van der Waals surface area contributed by atoms with E-state index >= 15 is 0 Å². The van der Waals surface area contributed by atoms with Gasteiger partial charge >= 0.3 is 0 Å². The first-order chi connectivity index (χ1) is 8.31. The SMILES string of the molecule is CCNC(c1ccccc1)c1ccnc(C)n1. The molecule has 0 fully saturated rings. The number of hydrogen-bond donors (Lipinski definition) is 1. The lowest BCUT2D eigenvalue weighted by Gasteiger charge is -2.17. The van der Waals surface area contributed by atoms with E-state index in [-0.39, 0.29) is 6.04 Å². The molecule has 0 aliphatic heterocycles. The van der Waals surface area contributed by atoms with E-state index in [0.717, 1.165) is 18.1 Å². The smallest absolute Gasteiger partial charge is 0.125 e. The Balaban J connectivity index is 2.35. The Bertz CT molecular complexity index is 468. The lowest BCUT2D eigenvalue weighted by molar-refractivity contribution is 0.611. The van der Waals surface area contributed by atoms with E-state index in [2.05, 4.69) is 34.3 Å². The second kappa shape index (κ2) is 5.55. The van der Waals surface area contributed by atoms with Crippen molar-refractivity contribution >= 4 is 0 Å². The summed E-state index contributed by atoms with van der Waals surface area (Å²) >= 11 is 0. The van der Waals surface area contributed by atoms with Crippen LogP contribution in [0.4, 0.5) is 0 Å². The summed E-state index contributed by atoms with van der Waals surface area (Å²) in [6.45, 7) is 4.92. The summed E-state index contributed by atoms with van der Waals surface area (Å²) in [6.07, 6.45) is 1.81. The summed E-state index contributed by atoms with van der Waals surface area (Å²) in [5.41, 5.74) is 2.25. The number of nitrogens with one attached hydrogen (secondary N) is 1. The van der Waals surface area contributed by atoms with Crippen LogP contribution in [0.2, 0.25) is 0 Å². The van der Waals surface area contributed by atoms with E-state index in [9.17, 15) is 0 Å². The number of aromatic nitrogens is 2. The minimum absolute atomic E-state index is 0.142. The van der Waals surface area contributed by atoms with Crippen LogP contribution in [-0.2, 0) is 0 Å². The van der Waals surface area contributed by atoms with Crippen molar-refractivity contribution in [2.24, 2.45) is 0 Å². The molecule has 3 nitrogen and oxygen atoms in total. The molecule has 1 aromatic heterocycles. The zero-order chi connectivity index (χ0) is 12.1. The van der Waals surface area contributed by atoms with E-state index in [0.29, 0.717) is 0 Å². The highest BCUT2D eigenvalue weighted by atomic mass is 15.0. The van der Waals surface area contributed by atoms with Gasteiger partial charge in [0.05, 0.1) is 11.7 Å². The topological polar surface area (TPSA) is 37.8 Å². The molecule has 0 saturated carbocycles. The van der Waals surface area contributed by atoms with Crippen LogP contribution in [0.25, 0.3) is 0 Å². The molecule has 1 atom stereocenters. The maximum Gasteiger partial charge on any atom is 0.125 e. The Morgan fingerprint density at radius 3 is 2.59 bits per heavy atom. The first kappa shape index (κ1) is 11.7. The van der Waals surface area contributed by atoms with Crippen LogP contribution < -0.4 is 5.32 Å². The van der Waals surface area contributed by atoms with Gasteiger partial charge in [0.2, 0.25) is 0 Å². The Morgan fingerprint density at radius 1 is 1.18 bits per heavy atom. The van der Waals surface area contributed by atoms with Crippen molar-refractivity contribution in [1.82, 2.24) is 15.3 Å². The minimum Gasteiger partial charge on any atom is -0.305 e. The Morgan fingerprint density at radius 2 is 1.94 bits per heavy atom. The molecule has 1 heterocycles. The number of benzene rings is 1. The summed E-state index contributed by atoms with van der Waals surface area (Å²) in [5, 5.41) is 3.45. The van der Waals surface area contributed by atoms with Crippen LogP contribution in [0, 0.1) is 6.92 Å². The molecule has 2 rings (SSSR count). The van der Waals surface area contributed by atoms with Crippen LogP contribution in [-0.4, -0.2) is 16.5 Å². The summed E-state index contributed by atoms with van der Waals surface area (Å²) in [4.78, 5) is 8.63. The number of rotatable bonds is 4. The molecule has 3 heteroatoms. The van der Waals surface area contributed by atoms with Gasteiger partial charge < -0.3 is 5.32 Å². The number of hydrogen-bond acceptors (Lipinski definition) is 3. The van der Waals surface area contributed by atoms with Gasteiger partial charge in [-0.15, -0.1) is 0 Å².